The lowest BCUT2D eigenvalue weighted by Crippen LogP contribution is -2.17. The van der Waals surface area contributed by atoms with Gasteiger partial charge in [0.2, 0.25) is 0 Å². The molecule has 0 amide bonds. The van der Waals surface area contributed by atoms with E-state index in [0.29, 0.717) is 29.7 Å². The summed E-state index contributed by atoms with van der Waals surface area (Å²) in [6, 6.07) is 9.88. The average molecular weight is 437 g/mol. The van der Waals surface area contributed by atoms with Crippen LogP contribution in [-0.2, 0) is 17.9 Å². The molecule has 2 rings (SSSR count). The summed E-state index contributed by atoms with van der Waals surface area (Å²) in [5, 5.41) is 14.7. The Bertz CT molecular complexity index is 812. The molecule has 7 nitrogen and oxygen atoms in total. The average Bonchev–Trinajstić information content (AvgIpc) is 2.71. The highest BCUT2D eigenvalue weighted by Crippen LogP contribution is 2.34. The zero-order chi connectivity index (χ0) is 21.9. The summed E-state index contributed by atoms with van der Waals surface area (Å²) >= 11 is 6.45. The molecule has 0 saturated carbocycles. The van der Waals surface area contributed by atoms with Gasteiger partial charge in [-0.05, 0) is 63.1 Å². The Morgan fingerprint density at radius 3 is 2.47 bits per heavy atom. The van der Waals surface area contributed by atoms with Gasteiger partial charge in [0.25, 0.3) is 5.69 Å². The molecule has 0 aliphatic heterocycles. The number of nitrogens with zero attached hydrogens (tertiary/aromatic N) is 1. The van der Waals surface area contributed by atoms with Crippen LogP contribution in [0.5, 0.6) is 11.5 Å². The summed E-state index contributed by atoms with van der Waals surface area (Å²) < 4.78 is 17.1. The standard InChI is InChI=1S/C22H29ClN2O5/c1-4-28-21-12-18(14-24-10-5-11-29-16(2)3)20(23)13-22(21)30-15-17-6-8-19(9-7-17)25(26)27/h6-9,12-13,16,24H,4-5,10-11,14-15H2,1-3H3. The molecule has 2 aromatic rings. The second kappa shape index (κ2) is 12.4. The molecule has 0 atom stereocenters. The molecular weight excluding hydrogens is 408 g/mol. The minimum Gasteiger partial charge on any atom is -0.490 e. The number of hydrogen-bond acceptors (Lipinski definition) is 6. The summed E-state index contributed by atoms with van der Waals surface area (Å²) in [7, 11) is 0. The fourth-order valence-electron chi connectivity index (χ4n) is 2.71. The number of ether oxygens (including phenoxy) is 3. The largest absolute Gasteiger partial charge is 0.490 e. The predicted molar refractivity (Wildman–Crippen MR) is 117 cm³/mol. The summed E-state index contributed by atoms with van der Waals surface area (Å²) in [5.41, 5.74) is 1.78. The smallest absolute Gasteiger partial charge is 0.269 e. The number of rotatable bonds is 13. The monoisotopic (exact) mass is 436 g/mol. The summed E-state index contributed by atoms with van der Waals surface area (Å²) in [6.07, 6.45) is 1.16. The molecular formula is C22H29ClN2O5. The van der Waals surface area contributed by atoms with Crippen molar-refractivity contribution in [3.8, 4) is 11.5 Å². The molecule has 2 aromatic carbocycles. The highest BCUT2D eigenvalue weighted by atomic mass is 35.5. The second-order valence-electron chi connectivity index (χ2n) is 6.99. The van der Waals surface area contributed by atoms with E-state index in [1.807, 2.05) is 26.8 Å². The Morgan fingerprint density at radius 2 is 1.83 bits per heavy atom. The van der Waals surface area contributed by atoms with Gasteiger partial charge in [-0.1, -0.05) is 11.6 Å². The van der Waals surface area contributed by atoms with Gasteiger partial charge in [0, 0.05) is 36.4 Å². The Morgan fingerprint density at radius 1 is 1.13 bits per heavy atom. The predicted octanol–water partition coefficient (Wildman–Crippen LogP) is 5.13. The summed E-state index contributed by atoms with van der Waals surface area (Å²) in [4.78, 5) is 10.3. The third-order valence-corrected chi connectivity index (χ3v) is 4.57. The molecule has 0 fully saturated rings. The molecule has 0 radical (unpaired) electrons. The molecule has 164 valence electrons. The maximum absolute atomic E-state index is 10.8. The highest BCUT2D eigenvalue weighted by Gasteiger charge is 2.12. The molecule has 30 heavy (non-hydrogen) atoms. The first kappa shape index (κ1) is 23.9. The van der Waals surface area contributed by atoms with Crippen LogP contribution in [0.15, 0.2) is 36.4 Å². The van der Waals surface area contributed by atoms with Crippen molar-refractivity contribution in [2.75, 3.05) is 19.8 Å². The summed E-state index contributed by atoms with van der Waals surface area (Å²) in [5.74, 6) is 1.15. The van der Waals surface area contributed by atoms with E-state index in [9.17, 15) is 10.1 Å². The van der Waals surface area contributed by atoms with Crippen molar-refractivity contribution in [3.05, 3.63) is 62.7 Å². The normalized spacial score (nSPS) is 11.0. The number of nitrogens with one attached hydrogen (secondary N) is 1. The number of nitro groups is 1. The first-order valence-corrected chi connectivity index (χ1v) is 10.4. The van der Waals surface area contributed by atoms with Crippen LogP contribution in [0, 0.1) is 10.1 Å². The van der Waals surface area contributed by atoms with E-state index >= 15 is 0 Å². The quantitative estimate of drug-likeness (QED) is 0.266. The molecule has 0 bridgehead atoms. The van der Waals surface area contributed by atoms with E-state index < -0.39 is 4.92 Å². The third kappa shape index (κ3) is 7.82. The lowest BCUT2D eigenvalue weighted by molar-refractivity contribution is -0.384. The molecule has 1 N–H and O–H groups in total. The summed E-state index contributed by atoms with van der Waals surface area (Å²) in [6.45, 7) is 8.85. The molecule has 8 heteroatoms. The zero-order valence-corrected chi connectivity index (χ0v) is 18.4. The van der Waals surface area contributed by atoms with Gasteiger partial charge < -0.3 is 19.5 Å². The lowest BCUT2D eigenvalue weighted by Gasteiger charge is -2.15. The van der Waals surface area contributed by atoms with Crippen LogP contribution in [-0.4, -0.2) is 30.8 Å². The minimum atomic E-state index is -0.429. The van der Waals surface area contributed by atoms with Crippen LogP contribution >= 0.6 is 11.6 Å². The van der Waals surface area contributed by atoms with E-state index in [2.05, 4.69) is 5.32 Å². The number of nitro benzene ring substituents is 1. The Balaban J connectivity index is 1.96. The van der Waals surface area contributed by atoms with Gasteiger partial charge in [0.1, 0.15) is 6.61 Å². The number of benzene rings is 2. The first-order valence-electron chi connectivity index (χ1n) is 10.0. The number of non-ortho nitro benzene ring substituents is 1. The van der Waals surface area contributed by atoms with Crippen LogP contribution in [0.25, 0.3) is 0 Å². The van der Waals surface area contributed by atoms with Crippen molar-refractivity contribution in [2.24, 2.45) is 0 Å². The van der Waals surface area contributed by atoms with Crippen LogP contribution < -0.4 is 14.8 Å². The Labute approximate surface area is 182 Å². The van der Waals surface area contributed by atoms with Crippen LogP contribution in [0.1, 0.15) is 38.3 Å². The minimum absolute atomic E-state index is 0.0458. The van der Waals surface area contributed by atoms with E-state index in [1.165, 1.54) is 12.1 Å². The van der Waals surface area contributed by atoms with Crippen LogP contribution in [0.2, 0.25) is 5.02 Å². The fourth-order valence-corrected chi connectivity index (χ4v) is 2.93. The SMILES string of the molecule is CCOc1cc(CNCCCOC(C)C)c(Cl)cc1OCc1ccc([N+](=O)[O-])cc1. The van der Waals surface area contributed by atoms with Gasteiger partial charge >= 0.3 is 0 Å². The molecule has 0 aliphatic carbocycles. The first-order chi connectivity index (χ1) is 14.4. The second-order valence-corrected chi connectivity index (χ2v) is 7.39. The fraction of sp³-hybridized carbons (Fsp3) is 0.455. The van der Waals surface area contributed by atoms with Crippen molar-refractivity contribution >= 4 is 17.3 Å². The van der Waals surface area contributed by atoms with Gasteiger partial charge in [-0.15, -0.1) is 0 Å². The highest BCUT2D eigenvalue weighted by molar-refractivity contribution is 6.31. The van der Waals surface area contributed by atoms with Crippen LogP contribution in [0.3, 0.4) is 0 Å². The van der Waals surface area contributed by atoms with Crippen molar-refractivity contribution in [1.29, 1.82) is 0 Å². The van der Waals surface area contributed by atoms with Crippen molar-refractivity contribution in [2.45, 2.75) is 46.4 Å². The molecule has 0 aliphatic rings. The zero-order valence-electron chi connectivity index (χ0n) is 17.7. The molecule has 0 saturated heterocycles. The maximum atomic E-state index is 10.8. The van der Waals surface area contributed by atoms with Crippen LogP contribution in [0.4, 0.5) is 5.69 Å². The van der Waals surface area contributed by atoms with Crippen molar-refractivity contribution in [3.63, 3.8) is 0 Å². The molecule has 0 unspecified atom stereocenters. The van der Waals surface area contributed by atoms with Gasteiger partial charge in [0.05, 0.1) is 17.6 Å². The van der Waals surface area contributed by atoms with E-state index in [-0.39, 0.29) is 18.4 Å². The van der Waals surface area contributed by atoms with Gasteiger partial charge in [-0.3, -0.25) is 10.1 Å². The Hall–Kier alpha value is -2.35. The molecule has 0 aromatic heterocycles. The molecule has 0 spiro atoms. The van der Waals surface area contributed by atoms with E-state index in [1.54, 1.807) is 18.2 Å². The van der Waals surface area contributed by atoms with Gasteiger partial charge in [-0.2, -0.15) is 0 Å². The van der Waals surface area contributed by atoms with Crippen molar-refractivity contribution < 1.29 is 19.1 Å². The number of hydrogen-bond donors (Lipinski definition) is 1. The lowest BCUT2D eigenvalue weighted by atomic mass is 10.2. The maximum Gasteiger partial charge on any atom is 0.269 e. The van der Waals surface area contributed by atoms with E-state index in [4.69, 9.17) is 25.8 Å². The molecule has 0 heterocycles. The van der Waals surface area contributed by atoms with Gasteiger partial charge in [0.15, 0.2) is 11.5 Å². The van der Waals surface area contributed by atoms with Crippen molar-refractivity contribution in [1.82, 2.24) is 5.32 Å². The number of halogens is 1. The van der Waals surface area contributed by atoms with E-state index in [0.717, 1.165) is 30.7 Å². The van der Waals surface area contributed by atoms with Gasteiger partial charge in [-0.25, -0.2) is 0 Å². The topological polar surface area (TPSA) is 82.9 Å². The Kier molecular flexibility index (Phi) is 9.86. The third-order valence-electron chi connectivity index (χ3n) is 4.22.